The first kappa shape index (κ1) is 15.7. The van der Waals surface area contributed by atoms with Crippen molar-refractivity contribution in [2.24, 2.45) is 0 Å². The lowest BCUT2D eigenvalue weighted by Gasteiger charge is -2.24. The second-order valence-electron chi connectivity index (χ2n) is 6.11. The standard InChI is InChI=1S/C15H21N3O2S/c1-5-6-9-18-11(15(2,3)4)8-7-10(13(18)19)12-16-17-14(21)20-12/h7-8H,5-6,9H2,1-4H3,(H,17,21). The fraction of sp³-hybridized carbons (Fsp3) is 0.533. The van der Waals surface area contributed by atoms with Gasteiger partial charge < -0.3 is 8.98 Å². The Labute approximate surface area is 129 Å². The minimum atomic E-state index is -0.0999. The Hall–Kier alpha value is -1.69. The summed E-state index contributed by atoms with van der Waals surface area (Å²) in [6.07, 6.45) is 1.99. The van der Waals surface area contributed by atoms with Gasteiger partial charge in [-0.15, -0.1) is 5.10 Å². The highest BCUT2D eigenvalue weighted by Crippen LogP contribution is 2.23. The van der Waals surface area contributed by atoms with Gasteiger partial charge in [0, 0.05) is 17.7 Å². The zero-order valence-corrected chi connectivity index (χ0v) is 13.7. The molecule has 0 fully saturated rings. The number of aromatic amines is 1. The van der Waals surface area contributed by atoms with E-state index in [-0.39, 0.29) is 21.7 Å². The molecule has 6 heteroatoms. The largest absolute Gasteiger partial charge is 0.409 e. The molecule has 0 atom stereocenters. The van der Waals surface area contributed by atoms with E-state index in [1.165, 1.54) is 0 Å². The first-order chi connectivity index (χ1) is 9.84. The SMILES string of the molecule is CCCCn1c(C(C)(C)C)ccc(-c2n[nH]c(=S)o2)c1=O. The van der Waals surface area contributed by atoms with Gasteiger partial charge in [-0.25, -0.2) is 5.10 Å². The summed E-state index contributed by atoms with van der Waals surface area (Å²) in [5.74, 6) is 0.246. The normalized spacial score (nSPS) is 11.8. The van der Waals surface area contributed by atoms with Crippen LogP contribution in [0.25, 0.3) is 11.5 Å². The highest BCUT2D eigenvalue weighted by atomic mass is 32.1. The fourth-order valence-electron chi connectivity index (χ4n) is 2.28. The summed E-state index contributed by atoms with van der Waals surface area (Å²) in [5.41, 5.74) is 1.27. The molecule has 0 radical (unpaired) electrons. The molecule has 5 nitrogen and oxygen atoms in total. The number of nitrogens with one attached hydrogen (secondary N) is 1. The highest BCUT2D eigenvalue weighted by molar-refractivity contribution is 7.71. The summed E-state index contributed by atoms with van der Waals surface area (Å²) in [4.78, 5) is 12.9. The van der Waals surface area contributed by atoms with Crippen LogP contribution in [0.3, 0.4) is 0 Å². The zero-order chi connectivity index (χ0) is 15.6. The van der Waals surface area contributed by atoms with Crippen molar-refractivity contribution in [3.8, 4) is 11.5 Å². The van der Waals surface area contributed by atoms with Crippen LogP contribution in [0.5, 0.6) is 0 Å². The number of rotatable bonds is 4. The summed E-state index contributed by atoms with van der Waals surface area (Å²) in [6.45, 7) is 9.11. The molecule has 114 valence electrons. The number of hydrogen-bond acceptors (Lipinski definition) is 4. The Morgan fingerprint density at radius 3 is 2.62 bits per heavy atom. The van der Waals surface area contributed by atoms with Gasteiger partial charge in [0.25, 0.3) is 16.3 Å². The molecule has 2 rings (SSSR count). The van der Waals surface area contributed by atoms with Crippen molar-refractivity contribution in [3.63, 3.8) is 0 Å². The third kappa shape index (κ3) is 3.32. The predicted octanol–water partition coefficient (Wildman–Crippen LogP) is 3.66. The van der Waals surface area contributed by atoms with E-state index < -0.39 is 0 Å². The maximum atomic E-state index is 12.8. The minimum absolute atomic E-state index is 0.0823. The fourth-order valence-corrected chi connectivity index (χ4v) is 2.40. The molecule has 2 aromatic heterocycles. The van der Waals surface area contributed by atoms with E-state index in [0.29, 0.717) is 12.1 Å². The molecule has 0 unspecified atom stereocenters. The van der Waals surface area contributed by atoms with Crippen LogP contribution in [0.4, 0.5) is 0 Å². The first-order valence-corrected chi connectivity index (χ1v) is 7.55. The summed E-state index contributed by atoms with van der Waals surface area (Å²) in [6, 6.07) is 3.74. The molecule has 2 aromatic rings. The predicted molar refractivity (Wildman–Crippen MR) is 85.0 cm³/mol. The number of H-pyrrole nitrogens is 1. The Bertz CT molecular complexity index is 734. The van der Waals surface area contributed by atoms with Crippen molar-refractivity contribution < 1.29 is 4.42 Å². The molecule has 0 aliphatic heterocycles. The van der Waals surface area contributed by atoms with Gasteiger partial charge in [0.1, 0.15) is 5.56 Å². The molecule has 0 aromatic carbocycles. The molecule has 0 aliphatic rings. The minimum Gasteiger partial charge on any atom is -0.409 e. The molecule has 0 aliphatic carbocycles. The number of unbranched alkanes of at least 4 members (excludes halogenated alkanes) is 1. The van der Waals surface area contributed by atoms with E-state index in [9.17, 15) is 4.79 Å². The average molecular weight is 307 g/mol. The van der Waals surface area contributed by atoms with Crippen molar-refractivity contribution in [3.05, 3.63) is 33.0 Å². The smallest absolute Gasteiger partial charge is 0.284 e. The molecular formula is C15H21N3O2S. The monoisotopic (exact) mass is 307 g/mol. The van der Waals surface area contributed by atoms with E-state index in [0.717, 1.165) is 18.5 Å². The van der Waals surface area contributed by atoms with Gasteiger partial charge in [-0.05, 0) is 30.8 Å². The summed E-state index contributed by atoms with van der Waals surface area (Å²) < 4.78 is 7.10. The van der Waals surface area contributed by atoms with Crippen molar-refractivity contribution in [2.45, 2.75) is 52.5 Å². The van der Waals surface area contributed by atoms with Crippen LogP contribution in [0.15, 0.2) is 21.3 Å². The van der Waals surface area contributed by atoms with E-state index in [2.05, 4.69) is 37.9 Å². The lowest BCUT2D eigenvalue weighted by molar-refractivity contribution is 0.487. The second kappa shape index (κ2) is 5.97. The lowest BCUT2D eigenvalue weighted by atomic mass is 9.90. The van der Waals surface area contributed by atoms with Crippen molar-refractivity contribution in [2.75, 3.05) is 0 Å². The van der Waals surface area contributed by atoms with Crippen molar-refractivity contribution in [1.29, 1.82) is 0 Å². The van der Waals surface area contributed by atoms with Crippen LogP contribution < -0.4 is 5.56 Å². The Morgan fingerprint density at radius 1 is 1.38 bits per heavy atom. The molecule has 0 saturated heterocycles. The summed E-state index contributed by atoms with van der Waals surface area (Å²) in [5, 5.41) is 6.50. The first-order valence-electron chi connectivity index (χ1n) is 7.14. The number of aromatic nitrogens is 3. The number of hydrogen-bond donors (Lipinski definition) is 1. The van der Waals surface area contributed by atoms with Gasteiger partial charge in [0.15, 0.2) is 0 Å². The average Bonchev–Trinajstić information content (AvgIpc) is 2.82. The third-order valence-corrected chi connectivity index (χ3v) is 3.52. The summed E-state index contributed by atoms with van der Waals surface area (Å²) in [7, 11) is 0. The Kier molecular flexibility index (Phi) is 4.46. The van der Waals surface area contributed by atoms with Crippen LogP contribution in [-0.4, -0.2) is 14.8 Å². The second-order valence-corrected chi connectivity index (χ2v) is 6.48. The molecule has 0 amide bonds. The summed E-state index contributed by atoms with van der Waals surface area (Å²) >= 11 is 4.87. The van der Waals surface area contributed by atoms with Gasteiger partial charge in [0.05, 0.1) is 0 Å². The van der Waals surface area contributed by atoms with Crippen LogP contribution in [-0.2, 0) is 12.0 Å². The molecule has 1 N–H and O–H groups in total. The molecule has 21 heavy (non-hydrogen) atoms. The number of nitrogens with zero attached hydrogens (tertiary/aromatic N) is 2. The lowest BCUT2D eigenvalue weighted by Crippen LogP contribution is -2.30. The van der Waals surface area contributed by atoms with E-state index in [1.807, 2.05) is 10.6 Å². The zero-order valence-electron chi connectivity index (χ0n) is 12.9. The molecule has 0 saturated carbocycles. The number of pyridine rings is 1. The van der Waals surface area contributed by atoms with Crippen LogP contribution >= 0.6 is 12.2 Å². The Morgan fingerprint density at radius 2 is 2.10 bits per heavy atom. The molecule has 2 heterocycles. The van der Waals surface area contributed by atoms with Crippen molar-refractivity contribution in [1.82, 2.24) is 14.8 Å². The van der Waals surface area contributed by atoms with Gasteiger partial charge >= 0.3 is 0 Å². The third-order valence-electron chi connectivity index (χ3n) is 3.35. The van der Waals surface area contributed by atoms with Gasteiger partial charge in [-0.1, -0.05) is 34.1 Å². The van der Waals surface area contributed by atoms with Gasteiger partial charge in [-0.3, -0.25) is 4.79 Å². The maximum absolute atomic E-state index is 12.8. The molecular weight excluding hydrogens is 286 g/mol. The van der Waals surface area contributed by atoms with Gasteiger partial charge in [0.2, 0.25) is 0 Å². The van der Waals surface area contributed by atoms with Gasteiger partial charge in [-0.2, -0.15) is 0 Å². The van der Waals surface area contributed by atoms with Crippen LogP contribution in [0.2, 0.25) is 0 Å². The van der Waals surface area contributed by atoms with Crippen LogP contribution in [0.1, 0.15) is 46.2 Å². The molecule has 0 spiro atoms. The van der Waals surface area contributed by atoms with E-state index >= 15 is 0 Å². The quantitative estimate of drug-likeness (QED) is 0.876. The van der Waals surface area contributed by atoms with Crippen molar-refractivity contribution >= 4 is 12.2 Å². The Balaban J connectivity index is 2.61. The topological polar surface area (TPSA) is 63.8 Å². The maximum Gasteiger partial charge on any atom is 0.284 e. The molecule has 0 bridgehead atoms. The van der Waals surface area contributed by atoms with E-state index in [4.69, 9.17) is 16.6 Å². The van der Waals surface area contributed by atoms with Crippen LogP contribution in [0, 0.1) is 4.84 Å². The van der Waals surface area contributed by atoms with E-state index in [1.54, 1.807) is 6.07 Å². The highest BCUT2D eigenvalue weighted by Gasteiger charge is 2.21.